The molecule has 1 aliphatic rings. The van der Waals surface area contributed by atoms with E-state index in [2.05, 4.69) is 34.3 Å². The Hall–Kier alpha value is -1.10. The standard InChI is InChI=1S/C11H20N4O/c1-8(2)9-5-4-6-15(9)11-14-13-10(16-11)7-12-3/h8-9,12H,4-7H2,1-3H3. The van der Waals surface area contributed by atoms with Crippen molar-refractivity contribution in [3.63, 3.8) is 0 Å². The van der Waals surface area contributed by atoms with Crippen molar-refractivity contribution in [2.75, 3.05) is 18.5 Å². The molecule has 1 aromatic rings. The van der Waals surface area contributed by atoms with Crippen molar-refractivity contribution in [1.29, 1.82) is 0 Å². The molecule has 5 nitrogen and oxygen atoms in total. The Bertz CT molecular complexity index is 336. The molecule has 1 unspecified atom stereocenters. The summed E-state index contributed by atoms with van der Waals surface area (Å²) in [6.45, 7) is 6.15. The molecule has 1 fully saturated rings. The fourth-order valence-electron chi connectivity index (χ4n) is 2.31. The quantitative estimate of drug-likeness (QED) is 0.838. The van der Waals surface area contributed by atoms with Crippen LogP contribution >= 0.6 is 0 Å². The minimum atomic E-state index is 0.544. The van der Waals surface area contributed by atoms with Crippen molar-refractivity contribution >= 4 is 6.01 Å². The van der Waals surface area contributed by atoms with E-state index in [1.165, 1.54) is 12.8 Å². The van der Waals surface area contributed by atoms with Crippen LogP contribution in [0.1, 0.15) is 32.6 Å². The third kappa shape index (κ3) is 2.19. The van der Waals surface area contributed by atoms with E-state index in [4.69, 9.17) is 4.42 Å². The van der Waals surface area contributed by atoms with Crippen molar-refractivity contribution in [3.05, 3.63) is 5.89 Å². The van der Waals surface area contributed by atoms with Gasteiger partial charge in [-0.15, -0.1) is 5.10 Å². The Kier molecular flexibility index (Phi) is 3.43. The number of aromatic nitrogens is 2. The number of rotatable bonds is 4. The van der Waals surface area contributed by atoms with E-state index in [-0.39, 0.29) is 0 Å². The lowest BCUT2D eigenvalue weighted by Gasteiger charge is -2.25. The van der Waals surface area contributed by atoms with Crippen LogP contribution in [0.15, 0.2) is 4.42 Å². The second kappa shape index (κ2) is 4.82. The SMILES string of the molecule is CNCc1nnc(N2CCCC2C(C)C)o1. The highest BCUT2D eigenvalue weighted by molar-refractivity contribution is 5.29. The molecule has 1 saturated heterocycles. The van der Waals surface area contributed by atoms with Crippen LogP contribution < -0.4 is 10.2 Å². The smallest absolute Gasteiger partial charge is 0.318 e. The van der Waals surface area contributed by atoms with Gasteiger partial charge in [-0.1, -0.05) is 18.9 Å². The summed E-state index contributed by atoms with van der Waals surface area (Å²) in [5.41, 5.74) is 0. The largest absolute Gasteiger partial charge is 0.407 e. The van der Waals surface area contributed by atoms with Gasteiger partial charge in [-0.05, 0) is 25.8 Å². The lowest BCUT2D eigenvalue weighted by molar-refractivity contribution is 0.432. The van der Waals surface area contributed by atoms with E-state index >= 15 is 0 Å². The van der Waals surface area contributed by atoms with Crippen LogP contribution in [-0.4, -0.2) is 29.8 Å². The summed E-state index contributed by atoms with van der Waals surface area (Å²) in [5, 5.41) is 11.1. The molecule has 5 heteroatoms. The third-order valence-electron chi connectivity index (χ3n) is 3.10. The molecule has 16 heavy (non-hydrogen) atoms. The van der Waals surface area contributed by atoms with Gasteiger partial charge < -0.3 is 14.6 Å². The second-order valence-corrected chi connectivity index (χ2v) is 4.66. The van der Waals surface area contributed by atoms with Gasteiger partial charge in [0.2, 0.25) is 5.89 Å². The average Bonchev–Trinajstić information content (AvgIpc) is 2.83. The number of anilines is 1. The van der Waals surface area contributed by atoms with Gasteiger partial charge in [0, 0.05) is 12.6 Å². The first-order valence-corrected chi connectivity index (χ1v) is 5.96. The van der Waals surface area contributed by atoms with Gasteiger partial charge in [0.25, 0.3) is 0 Å². The monoisotopic (exact) mass is 224 g/mol. The zero-order chi connectivity index (χ0) is 11.5. The fraction of sp³-hybridized carbons (Fsp3) is 0.818. The average molecular weight is 224 g/mol. The normalized spacial score (nSPS) is 21.0. The predicted octanol–water partition coefficient (Wildman–Crippen LogP) is 1.41. The van der Waals surface area contributed by atoms with Gasteiger partial charge in [-0.3, -0.25) is 0 Å². The van der Waals surface area contributed by atoms with Gasteiger partial charge >= 0.3 is 6.01 Å². The molecule has 1 aliphatic heterocycles. The first kappa shape index (κ1) is 11.4. The van der Waals surface area contributed by atoms with E-state index < -0.39 is 0 Å². The molecule has 0 bridgehead atoms. The molecule has 1 atom stereocenters. The summed E-state index contributed by atoms with van der Waals surface area (Å²) in [5.74, 6) is 1.29. The molecule has 2 heterocycles. The summed E-state index contributed by atoms with van der Waals surface area (Å²) < 4.78 is 5.63. The second-order valence-electron chi connectivity index (χ2n) is 4.66. The number of nitrogens with zero attached hydrogens (tertiary/aromatic N) is 3. The minimum Gasteiger partial charge on any atom is -0.407 e. The Labute approximate surface area is 96.2 Å². The van der Waals surface area contributed by atoms with Crippen LogP contribution in [0.5, 0.6) is 0 Å². The molecule has 2 rings (SSSR count). The van der Waals surface area contributed by atoms with Crippen LogP contribution in [-0.2, 0) is 6.54 Å². The molecule has 0 radical (unpaired) electrons. The summed E-state index contributed by atoms with van der Waals surface area (Å²) in [7, 11) is 1.87. The van der Waals surface area contributed by atoms with Crippen LogP contribution in [0.2, 0.25) is 0 Å². The lowest BCUT2D eigenvalue weighted by Crippen LogP contribution is -2.33. The van der Waals surface area contributed by atoms with Gasteiger partial charge in [-0.25, -0.2) is 0 Å². The Morgan fingerprint density at radius 2 is 2.31 bits per heavy atom. The van der Waals surface area contributed by atoms with Crippen molar-refractivity contribution in [1.82, 2.24) is 15.5 Å². The Morgan fingerprint density at radius 1 is 1.50 bits per heavy atom. The maximum Gasteiger partial charge on any atom is 0.318 e. The molecule has 0 aliphatic carbocycles. The summed E-state index contributed by atoms with van der Waals surface area (Å²) in [4.78, 5) is 2.25. The summed E-state index contributed by atoms with van der Waals surface area (Å²) >= 11 is 0. The highest BCUT2D eigenvalue weighted by Crippen LogP contribution is 2.28. The molecular weight excluding hydrogens is 204 g/mol. The molecule has 0 amide bonds. The van der Waals surface area contributed by atoms with Crippen molar-refractivity contribution in [2.24, 2.45) is 5.92 Å². The number of hydrogen-bond acceptors (Lipinski definition) is 5. The van der Waals surface area contributed by atoms with Crippen LogP contribution in [0.4, 0.5) is 6.01 Å². The van der Waals surface area contributed by atoms with E-state index in [1.807, 2.05) is 7.05 Å². The molecule has 0 aromatic carbocycles. The van der Waals surface area contributed by atoms with Crippen molar-refractivity contribution in [3.8, 4) is 0 Å². The maximum absolute atomic E-state index is 5.63. The summed E-state index contributed by atoms with van der Waals surface area (Å²) in [6.07, 6.45) is 2.44. The van der Waals surface area contributed by atoms with Gasteiger partial charge in [0.1, 0.15) is 0 Å². The van der Waals surface area contributed by atoms with Crippen LogP contribution in [0.25, 0.3) is 0 Å². The van der Waals surface area contributed by atoms with Crippen LogP contribution in [0, 0.1) is 5.92 Å². The fourth-order valence-corrected chi connectivity index (χ4v) is 2.31. The zero-order valence-corrected chi connectivity index (χ0v) is 10.2. The molecule has 1 N–H and O–H groups in total. The molecule has 0 saturated carbocycles. The molecular formula is C11H20N4O. The number of hydrogen-bond donors (Lipinski definition) is 1. The molecule has 90 valence electrons. The zero-order valence-electron chi connectivity index (χ0n) is 10.2. The predicted molar refractivity (Wildman–Crippen MR) is 62.3 cm³/mol. The van der Waals surface area contributed by atoms with E-state index in [0.717, 1.165) is 6.54 Å². The first-order chi connectivity index (χ1) is 7.72. The Balaban J connectivity index is 2.10. The molecule has 0 spiro atoms. The highest BCUT2D eigenvalue weighted by atomic mass is 16.4. The van der Waals surface area contributed by atoms with E-state index in [1.54, 1.807) is 0 Å². The minimum absolute atomic E-state index is 0.544. The van der Waals surface area contributed by atoms with Gasteiger partial charge in [0.05, 0.1) is 6.54 Å². The highest BCUT2D eigenvalue weighted by Gasteiger charge is 2.30. The topological polar surface area (TPSA) is 54.2 Å². The summed E-state index contributed by atoms with van der Waals surface area (Å²) in [6, 6.07) is 1.23. The number of nitrogens with one attached hydrogen (secondary N) is 1. The van der Waals surface area contributed by atoms with Crippen molar-refractivity contribution in [2.45, 2.75) is 39.3 Å². The van der Waals surface area contributed by atoms with Crippen molar-refractivity contribution < 1.29 is 4.42 Å². The first-order valence-electron chi connectivity index (χ1n) is 5.96. The molecule has 1 aromatic heterocycles. The third-order valence-corrected chi connectivity index (χ3v) is 3.10. The van der Waals surface area contributed by atoms with Crippen LogP contribution in [0.3, 0.4) is 0 Å². The maximum atomic E-state index is 5.63. The van der Waals surface area contributed by atoms with E-state index in [0.29, 0.717) is 30.4 Å². The van der Waals surface area contributed by atoms with Gasteiger partial charge in [0.15, 0.2) is 0 Å². The van der Waals surface area contributed by atoms with E-state index in [9.17, 15) is 0 Å². The lowest BCUT2D eigenvalue weighted by atomic mass is 10.0. The van der Waals surface area contributed by atoms with Gasteiger partial charge in [-0.2, -0.15) is 0 Å². The Morgan fingerprint density at radius 3 is 3.00 bits per heavy atom.